The molecule has 1 aromatic carbocycles. The molecular weight excluding hydrogens is 198 g/mol. The van der Waals surface area contributed by atoms with Gasteiger partial charge in [-0.05, 0) is 30.0 Å². The van der Waals surface area contributed by atoms with Gasteiger partial charge in [-0.3, -0.25) is 4.79 Å². The molecule has 0 spiro atoms. The first-order valence-corrected chi connectivity index (χ1v) is 5.75. The summed E-state index contributed by atoms with van der Waals surface area (Å²) in [5, 5.41) is 0. The molecular formula is C14H17NO. The van der Waals surface area contributed by atoms with E-state index in [0.717, 1.165) is 12.8 Å². The average Bonchev–Trinajstić information content (AvgIpc) is 2.29. The number of hydrogen-bond donors (Lipinski definition) is 0. The SMILES string of the molecule is CN1Cc2cccc(c2)C=CCCCC1=O. The van der Waals surface area contributed by atoms with Crippen LogP contribution < -0.4 is 0 Å². The summed E-state index contributed by atoms with van der Waals surface area (Å²) in [6.45, 7) is 0.709. The average molecular weight is 215 g/mol. The predicted octanol–water partition coefficient (Wildman–Crippen LogP) is 2.84. The van der Waals surface area contributed by atoms with Crippen LogP contribution in [0.15, 0.2) is 30.3 Å². The molecule has 2 heteroatoms. The van der Waals surface area contributed by atoms with Gasteiger partial charge in [0.05, 0.1) is 0 Å². The lowest BCUT2D eigenvalue weighted by Gasteiger charge is -2.17. The van der Waals surface area contributed by atoms with Crippen molar-refractivity contribution in [2.45, 2.75) is 25.8 Å². The van der Waals surface area contributed by atoms with Crippen molar-refractivity contribution in [3.63, 3.8) is 0 Å². The van der Waals surface area contributed by atoms with Gasteiger partial charge in [0.2, 0.25) is 5.91 Å². The Morgan fingerprint density at radius 3 is 3.06 bits per heavy atom. The van der Waals surface area contributed by atoms with E-state index in [-0.39, 0.29) is 5.91 Å². The fourth-order valence-corrected chi connectivity index (χ4v) is 1.94. The molecule has 0 atom stereocenters. The lowest BCUT2D eigenvalue weighted by atomic mass is 10.1. The highest BCUT2D eigenvalue weighted by Gasteiger charge is 2.09. The summed E-state index contributed by atoms with van der Waals surface area (Å²) in [5.74, 6) is 0.237. The Bertz CT molecular complexity index is 409. The second kappa shape index (κ2) is 4.97. The molecule has 1 aliphatic heterocycles. The maximum Gasteiger partial charge on any atom is 0.222 e. The smallest absolute Gasteiger partial charge is 0.222 e. The fourth-order valence-electron chi connectivity index (χ4n) is 1.94. The number of nitrogens with zero attached hydrogens (tertiary/aromatic N) is 1. The van der Waals surface area contributed by atoms with Crippen LogP contribution >= 0.6 is 0 Å². The van der Waals surface area contributed by atoms with Crippen LogP contribution in [0.2, 0.25) is 0 Å². The van der Waals surface area contributed by atoms with Gasteiger partial charge in [0.25, 0.3) is 0 Å². The van der Waals surface area contributed by atoms with Gasteiger partial charge in [-0.25, -0.2) is 0 Å². The number of hydrogen-bond acceptors (Lipinski definition) is 1. The minimum Gasteiger partial charge on any atom is -0.341 e. The minimum absolute atomic E-state index is 0.237. The van der Waals surface area contributed by atoms with E-state index in [1.54, 1.807) is 0 Å². The standard InChI is InChI=1S/C14H17NO/c1-15-11-13-8-5-7-12(10-13)6-3-2-4-9-14(15)16/h3,5-8,10H,2,4,9,11H2,1H3. The molecule has 0 aliphatic carbocycles. The van der Waals surface area contributed by atoms with Crippen LogP contribution in [0.1, 0.15) is 30.4 Å². The van der Waals surface area contributed by atoms with E-state index in [2.05, 4.69) is 30.4 Å². The van der Waals surface area contributed by atoms with Crippen molar-refractivity contribution in [3.05, 3.63) is 41.5 Å². The zero-order valence-electron chi connectivity index (χ0n) is 9.65. The topological polar surface area (TPSA) is 20.3 Å². The third-order valence-corrected chi connectivity index (χ3v) is 2.87. The normalized spacial score (nSPS) is 17.1. The van der Waals surface area contributed by atoms with Gasteiger partial charge in [0, 0.05) is 20.0 Å². The van der Waals surface area contributed by atoms with Crippen LogP contribution in [0.3, 0.4) is 0 Å². The third-order valence-electron chi connectivity index (χ3n) is 2.87. The first-order chi connectivity index (χ1) is 7.75. The molecule has 2 bridgehead atoms. The molecule has 84 valence electrons. The van der Waals surface area contributed by atoms with Crippen LogP contribution in [0.4, 0.5) is 0 Å². The predicted molar refractivity (Wildman–Crippen MR) is 65.8 cm³/mol. The van der Waals surface area contributed by atoms with Crippen molar-refractivity contribution in [3.8, 4) is 0 Å². The fraction of sp³-hybridized carbons (Fsp3) is 0.357. The maximum atomic E-state index is 11.7. The van der Waals surface area contributed by atoms with Gasteiger partial charge in [0.1, 0.15) is 0 Å². The molecule has 0 N–H and O–H groups in total. The Hall–Kier alpha value is -1.57. The Morgan fingerprint density at radius 1 is 1.31 bits per heavy atom. The van der Waals surface area contributed by atoms with Crippen LogP contribution in [0, 0.1) is 0 Å². The number of carbonyl (C=O) groups excluding carboxylic acids is 1. The Kier molecular flexibility index (Phi) is 3.40. The first kappa shape index (κ1) is 10.9. The summed E-state index contributed by atoms with van der Waals surface area (Å²) in [6, 6.07) is 8.36. The largest absolute Gasteiger partial charge is 0.341 e. The zero-order chi connectivity index (χ0) is 11.4. The second-order valence-electron chi connectivity index (χ2n) is 4.29. The molecule has 0 fully saturated rings. The van der Waals surface area contributed by atoms with Gasteiger partial charge in [0.15, 0.2) is 0 Å². The Balaban J connectivity index is 2.26. The highest BCUT2D eigenvalue weighted by molar-refractivity contribution is 5.75. The number of carbonyl (C=O) groups is 1. The number of fused-ring (bicyclic) bond motifs is 2. The van der Waals surface area contributed by atoms with E-state index in [1.165, 1.54) is 11.1 Å². The molecule has 2 nitrogen and oxygen atoms in total. The molecule has 0 saturated carbocycles. The summed E-state index contributed by atoms with van der Waals surface area (Å²) < 4.78 is 0. The maximum absolute atomic E-state index is 11.7. The summed E-state index contributed by atoms with van der Waals surface area (Å²) in [6.07, 6.45) is 6.85. The van der Waals surface area contributed by atoms with Gasteiger partial charge < -0.3 is 4.90 Å². The minimum atomic E-state index is 0.237. The molecule has 1 heterocycles. The van der Waals surface area contributed by atoms with Crippen LogP contribution in [-0.2, 0) is 11.3 Å². The molecule has 1 aromatic rings. The van der Waals surface area contributed by atoms with Gasteiger partial charge in [-0.15, -0.1) is 0 Å². The summed E-state index contributed by atoms with van der Waals surface area (Å²) in [5.41, 5.74) is 2.42. The van der Waals surface area contributed by atoms with Crippen LogP contribution in [-0.4, -0.2) is 17.9 Å². The van der Waals surface area contributed by atoms with E-state index in [1.807, 2.05) is 18.0 Å². The highest BCUT2D eigenvalue weighted by Crippen LogP contribution is 2.13. The summed E-state index contributed by atoms with van der Waals surface area (Å²) in [7, 11) is 1.88. The lowest BCUT2D eigenvalue weighted by Crippen LogP contribution is -2.25. The van der Waals surface area contributed by atoms with E-state index < -0.39 is 0 Å². The van der Waals surface area contributed by atoms with Crippen molar-refractivity contribution in [1.29, 1.82) is 0 Å². The van der Waals surface area contributed by atoms with Gasteiger partial charge in [-0.2, -0.15) is 0 Å². The monoisotopic (exact) mass is 215 g/mol. The van der Waals surface area contributed by atoms with Crippen LogP contribution in [0.5, 0.6) is 0 Å². The molecule has 0 unspecified atom stereocenters. The molecule has 1 aliphatic rings. The second-order valence-corrected chi connectivity index (χ2v) is 4.29. The van der Waals surface area contributed by atoms with E-state index in [9.17, 15) is 4.79 Å². The van der Waals surface area contributed by atoms with Crippen molar-refractivity contribution in [2.75, 3.05) is 7.05 Å². The first-order valence-electron chi connectivity index (χ1n) is 5.75. The number of benzene rings is 1. The number of allylic oxidation sites excluding steroid dienone is 1. The summed E-state index contributed by atoms with van der Waals surface area (Å²) in [4.78, 5) is 13.6. The van der Waals surface area contributed by atoms with Crippen LogP contribution in [0.25, 0.3) is 6.08 Å². The number of amides is 1. The van der Waals surface area contributed by atoms with E-state index >= 15 is 0 Å². The third kappa shape index (κ3) is 2.72. The van der Waals surface area contributed by atoms with Gasteiger partial charge in [-0.1, -0.05) is 30.4 Å². The van der Waals surface area contributed by atoms with Crippen molar-refractivity contribution in [2.24, 2.45) is 0 Å². The quantitative estimate of drug-likeness (QED) is 0.651. The molecule has 0 radical (unpaired) electrons. The van der Waals surface area contributed by atoms with E-state index in [0.29, 0.717) is 13.0 Å². The van der Waals surface area contributed by atoms with E-state index in [4.69, 9.17) is 0 Å². The molecule has 16 heavy (non-hydrogen) atoms. The zero-order valence-corrected chi connectivity index (χ0v) is 9.65. The molecule has 0 aromatic heterocycles. The molecule has 2 rings (SSSR count). The molecule has 1 amide bonds. The lowest BCUT2D eigenvalue weighted by molar-refractivity contribution is -0.130. The van der Waals surface area contributed by atoms with Gasteiger partial charge >= 0.3 is 0 Å². The van der Waals surface area contributed by atoms with Crippen molar-refractivity contribution < 1.29 is 4.79 Å². The Morgan fingerprint density at radius 2 is 2.19 bits per heavy atom. The summed E-state index contributed by atoms with van der Waals surface area (Å²) >= 11 is 0. The molecule has 0 saturated heterocycles. The highest BCUT2D eigenvalue weighted by atomic mass is 16.2. The van der Waals surface area contributed by atoms with Crippen molar-refractivity contribution in [1.82, 2.24) is 4.90 Å². The van der Waals surface area contributed by atoms with Crippen molar-refractivity contribution >= 4 is 12.0 Å². The Labute approximate surface area is 96.6 Å². The number of rotatable bonds is 0.